The highest BCUT2D eigenvalue weighted by Gasteiger charge is 2.18. The minimum Gasteiger partial charge on any atom is -0.498 e. The Bertz CT molecular complexity index is 2510. The summed E-state index contributed by atoms with van der Waals surface area (Å²) in [5, 5.41) is 4.19. The Morgan fingerprint density at radius 1 is 0.541 bits per heavy atom. The number of nitrogens with zero attached hydrogens (tertiary/aromatic N) is 4. The lowest BCUT2D eigenvalue weighted by molar-refractivity contribution is -0.890. The minimum absolute atomic E-state index is 0.695. The van der Waals surface area contributed by atoms with Crippen LogP contribution in [0.2, 0.25) is 0 Å². The molecule has 0 radical (unpaired) electrons. The molecule has 0 saturated heterocycles. The summed E-state index contributed by atoms with van der Waals surface area (Å²) in [4.78, 5) is 21.8. The number of H-pyrrole nitrogens is 4. The molecule has 10 nitrogen and oxygen atoms in total. The van der Waals surface area contributed by atoms with Crippen molar-refractivity contribution in [1.82, 2.24) is 34.6 Å². The van der Waals surface area contributed by atoms with Crippen molar-refractivity contribution in [2.75, 3.05) is 102 Å². The fourth-order valence-electron chi connectivity index (χ4n) is 8.43. The second-order valence-electron chi connectivity index (χ2n) is 18.1. The number of rotatable bonds is 20. The fourth-order valence-corrected chi connectivity index (χ4v) is 8.43. The monoisotopic (exact) mass is 826 g/mol. The average Bonchev–Trinajstić information content (AvgIpc) is 4.07. The molecule has 5 aromatic rings. The topological polar surface area (TPSA) is 91.3 Å². The zero-order chi connectivity index (χ0) is 42.8. The summed E-state index contributed by atoms with van der Waals surface area (Å²) in [5.74, 6) is 1.96. The van der Waals surface area contributed by atoms with E-state index in [1.165, 1.54) is 30.5 Å². The van der Waals surface area contributed by atoms with Crippen LogP contribution in [0.1, 0.15) is 66.9 Å². The third-order valence-corrected chi connectivity index (χ3v) is 11.8. The SMILES string of the molecule is CN(C)CCCN(C)CCCOc1ccc(C2=c3ccc([nH]3)=Cc3ccc([nH]3)C(C3=CC=C(OCCC[N+](C)(C)CCCN(C)C)CC3)=c3ccc([nH]3)=Cc3ccc2[nH]3)cc1. The van der Waals surface area contributed by atoms with E-state index in [0.29, 0.717) is 6.61 Å². The van der Waals surface area contributed by atoms with Crippen molar-refractivity contribution in [2.24, 2.45) is 0 Å². The molecule has 1 aliphatic carbocycles. The van der Waals surface area contributed by atoms with Crippen LogP contribution in [0.25, 0.3) is 23.3 Å². The van der Waals surface area contributed by atoms with E-state index >= 15 is 0 Å². The smallest absolute Gasteiger partial charge is 0.119 e. The fraction of sp³-hybridized carbons (Fsp3) is 0.412. The first-order valence-corrected chi connectivity index (χ1v) is 22.3. The van der Waals surface area contributed by atoms with Gasteiger partial charge in [-0.1, -0.05) is 18.2 Å². The maximum Gasteiger partial charge on any atom is 0.119 e. The van der Waals surface area contributed by atoms with Gasteiger partial charge < -0.3 is 48.6 Å². The van der Waals surface area contributed by atoms with Crippen LogP contribution >= 0.6 is 0 Å². The lowest BCUT2D eigenvalue weighted by Gasteiger charge is -2.30. The predicted molar refractivity (Wildman–Crippen MR) is 251 cm³/mol. The van der Waals surface area contributed by atoms with Gasteiger partial charge in [0.05, 0.1) is 46.2 Å². The summed E-state index contributed by atoms with van der Waals surface area (Å²) in [6, 6.07) is 25.9. The van der Waals surface area contributed by atoms with Gasteiger partial charge in [0.1, 0.15) is 5.75 Å². The Labute approximate surface area is 362 Å². The Morgan fingerprint density at radius 3 is 1.77 bits per heavy atom. The number of aromatic nitrogens is 4. The van der Waals surface area contributed by atoms with Gasteiger partial charge >= 0.3 is 0 Å². The summed E-state index contributed by atoms with van der Waals surface area (Å²) in [6.07, 6.45) is 15.0. The lowest BCUT2D eigenvalue weighted by atomic mass is 9.94. The maximum atomic E-state index is 6.33. The third-order valence-electron chi connectivity index (χ3n) is 11.8. The number of hydrogen-bond acceptors (Lipinski definition) is 5. The molecule has 1 aliphatic heterocycles. The largest absolute Gasteiger partial charge is 0.498 e. The van der Waals surface area contributed by atoms with Crippen LogP contribution in [0.3, 0.4) is 0 Å². The molecule has 324 valence electrons. The summed E-state index contributed by atoms with van der Waals surface area (Å²) in [7, 11) is 15.4. The van der Waals surface area contributed by atoms with E-state index in [4.69, 9.17) is 9.47 Å². The standard InChI is InChI=1S/C51H69N8O2/c1-56(2)28-8-30-58(5)31-10-34-60-44-20-12-38(13-21-44)50-46-24-16-40(52-46)36-42-18-26-48(54-42)51(49-27-19-43(55-49)37-41-17-25-47(50)53-41)39-14-22-45(23-15-39)61-35-11-33-59(6,7)32-9-29-57(3)4/h12-14,16-22,24-27,36-37,52-55H,8-11,15,23,28-35H2,1-7H3/q+1. The number of aromatic amines is 4. The Kier molecular flexibility index (Phi) is 14.8. The van der Waals surface area contributed by atoms with E-state index in [0.717, 1.165) is 136 Å². The van der Waals surface area contributed by atoms with Gasteiger partial charge in [0, 0.05) is 87.7 Å². The molecular weight excluding hydrogens is 757 g/mol. The van der Waals surface area contributed by atoms with Gasteiger partial charge in [0.25, 0.3) is 0 Å². The molecule has 0 amide bonds. The van der Waals surface area contributed by atoms with E-state index in [1.807, 2.05) is 0 Å². The molecule has 1 aromatic carbocycles. The van der Waals surface area contributed by atoms with Crippen molar-refractivity contribution < 1.29 is 14.0 Å². The van der Waals surface area contributed by atoms with E-state index in [-0.39, 0.29) is 0 Å². The highest BCUT2D eigenvalue weighted by Crippen LogP contribution is 2.29. The van der Waals surface area contributed by atoms with Crippen molar-refractivity contribution >= 4 is 23.3 Å². The van der Waals surface area contributed by atoms with Crippen molar-refractivity contribution in [2.45, 2.75) is 38.5 Å². The first-order chi connectivity index (χ1) is 29.5. The average molecular weight is 826 g/mol. The van der Waals surface area contributed by atoms with E-state index in [2.05, 4.69) is 181 Å². The molecule has 2 aliphatic rings. The zero-order valence-corrected chi connectivity index (χ0v) is 37.7. The summed E-state index contributed by atoms with van der Waals surface area (Å²) >= 11 is 0. The number of hydrogen-bond donors (Lipinski definition) is 4. The van der Waals surface area contributed by atoms with Crippen LogP contribution in [-0.4, -0.2) is 141 Å². The van der Waals surface area contributed by atoms with Gasteiger partial charge in [-0.05, 0) is 158 Å². The molecule has 0 spiro atoms. The van der Waals surface area contributed by atoms with E-state index in [9.17, 15) is 0 Å². The van der Waals surface area contributed by atoms with Crippen LogP contribution in [0.15, 0.2) is 96.3 Å². The number of ether oxygens (including phenoxy) is 2. The lowest BCUT2D eigenvalue weighted by Crippen LogP contribution is -2.42. The molecule has 10 heteroatoms. The number of nitrogens with one attached hydrogen (secondary N) is 4. The Balaban J connectivity index is 1.09. The Morgan fingerprint density at radius 2 is 1.13 bits per heavy atom. The number of fused-ring (bicyclic) bond motifs is 8. The van der Waals surface area contributed by atoms with Gasteiger partial charge in [-0.15, -0.1) is 0 Å². The number of quaternary nitrogens is 1. The van der Waals surface area contributed by atoms with Crippen molar-refractivity contribution in [3.05, 3.63) is 146 Å². The predicted octanol–water partition coefficient (Wildman–Crippen LogP) is 5.11. The molecule has 4 aromatic heterocycles. The number of allylic oxidation sites excluding steroid dienone is 4. The quantitative estimate of drug-likeness (QED) is 0.0648. The van der Waals surface area contributed by atoms with Gasteiger partial charge in [0.15, 0.2) is 0 Å². The third kappa shape index (κ3) is 12.4. The van der Waals surface area contributed by atoms with E-state index in [1.54, 1.807) is 0 Å². The molecule has 5 heterocycles. The normalized spacial score (nSPS) is 14.3. The van der Waals surface area contributed by atoms with Crippen molar-refractivity contribution in [3.8, 4) is 5.75 Å². The first kappa shape index (κ1) is 43.8. The molecule has 0 unspecified atom stereocenters. The molecule has 7 rings (SSSR count). The second-order valence-corrected chi connectivity index (χ2v) is 18.1. The first-order valence-electron chi connectivity index (χ1n) is 22.3. The Hall–Kier alpha value is -5.26. The van der Waals surface area contributed by atoms with Gasteiger partial charge in [-0.3, -0.25) is 0 Å². The van der Waals surface area contributed by atoms with Gasteiger partial charge in [-0.2, -0.15) is 0 Å². The van der Waals surface area contributed by atoms with Crippen molar-refractivity contribution in [1.29, 1.82) is 0 Å². The molecule has 0 saturated carbocycles. The summed E-state index contributed by atoms with van der Waals surface area (Å²) in [5.41, 5.74) is 8.87. The van der Waals surface area contributed by atoms with Crippen molar-refractivity contribution in [3.63, 3.8) is 0 Å². The maximum absolute atomic E-state index is 6.33. The molecule has 4 N–H and O–H groups in total. The van der Waals surface area contributed by atoms with Crippen LogP contribution in [0.5, 0.6) is 5.75 Å². The molecule has 8 bridgehead atoms. The van der Waals surface area contributed by atoms with Gasteiger partial charge in [-0.25, -0.2) is 0 Å². The van der Waals surface area contributed by atoms with Crippen LogP contribution in [0.4, 0.5) is 0 Å². The molecule has 0 fully saturated rings. The molecule has 61 heavy (non-hydrogen) atoms. The molecule has 0 atom stereocenters. The molecular formula is C51H69N8O2+. The second kappa shape index (κ2) is 20.5. The highest BCUT2D eigenvalue weighted by molar-refractivity contribution is 5.79. The van der Waals surface area contributed by atoms with E-state index < -0.39 is 0 Å². The number of benzene rings is 1. The van der Waals surface area contributed by atoms with Crippen LogP contribution < -0.4 is 26.1 Å². The summed E-state index contributed by atoms with van der Waals surface area (Å²) < 4.78 is 13.5. The highest BCUT2D eigenvalue weighted by atomic mass is 16.5. The van der Waals surface area contributed by atoms with Crippen LogP contribution in [0, 0.1) is 0 Å². The summed E-state index contributed by atoms with van der Waals surface area (Å²) in [6.45, 7) is 8.12. The minimum atomic E-state index is 0.695. The zero-order valence-electron chi connectivity index (χ0n) is 37.7. The van der Waals surface area contributed by atoms with Gasteiger partial charge in [0.2, 0.25) is 0 Å². The van der Waals surface area contributed by atoms with Crippen LogP contribution in [-0.2, 0) is 4.74 Å².